The van der Waals surface area contributed by atoms with Crippen molar-refractivity contribution in [3.8, 4) is 0 Å². The molecule has 176 valence electrons. The number of aliphatic hydroxyl groups excluding tert-OH is 3. The van der Waals surface area contributed by atoms with Crippen LogP contribution in [0.15, 0.2) is 35.5 Å². The summed E-state index contributed by atoms with van der Waals surface area (Å²) in [4.78, 5) is 0. The minimum Gasteiger partial charge on any atom is -0.393 e. The standard InChI is InChI=1S/C27H44O4/c1-17(13-22(29)16-26(3,4)31)23-10-11-24-19(7-6-12-27(23,24)5)8-9-20-14-21(28)15-25(30)18(20)2/h8-9,17,21-25,28-31H,2,6-7,10-16H2,1,3-5H3/b19-8+,20-9-/t17-,21-,22-,23-,24+,25+,27-/m1/s1. The topological polar surface area (TPSA) is 80.9 Å². The quantitative estimate of drug-likeness (QED) is 0.491. The maximum Gasteiger partial charge on any atom is 0.0811 e. The maximum absolute atomic E-state index is 10.5. The smallest absolute Gasteiger partial charge is 0.0811 e. The lowest BCUT2D eigenvalue weighted by atomic mass is 9.60. The highest BCUT2D eigenvalue weighted by atomic mass is 16.3. The first kappa shape index (κ1) is 24.7. The predicted molar refractivity (Wildman–Crippen MR) is 125 cm³/mol. The van der Waals surface area contributed by atoms with E-state index >= 15 is 0 Å². The maximum atomic E-state index is 10.5. The van der Waals surface area contributed by atoms with Gasteiger partial charge in [-0.15, -0.1) is 0 Å². The molecule has 3 rings (SSSR count). The Labute approximate surface area is 188 Å². The number of rotatable bonds is 6. The van der Waals surface area contributed by atoms with E-state index in [1.807, 2.05) is 0 Å². The molecule has 31 heavy (non-hydrogen) atoms. The van der Waals surface area contributed by atoms with Gasteiger partial charge >= 0.3 is 0 Å². The van der Waals surface area contributed by atoms with E-state index < -0.39 is 23.9 Å². The number of hydrogen-bond donors (Lipinski definition) is 4. The average Bonchev–Trinajstić information content (AvgIpc) is 2.99. The Balaban J connectivity index is 1.72. The van der Waals surface area contributed by atoms with Crippen molar-refractivity contribution in [2.24, 2.45) is 23.2 Å². The van der Waals surface area contributed by atoms with Gasteiger partial charge in [0.25, 0.3) is 0 Å². The van der Waals surface area contributed by atoms with Crippen LogP contribution in [0, 0.1) is 23.2 Å². The van der Waals surface area contributed by atoms with Gasteiger partial charge in [-0.2, -0.15) is 0 Å². The molecule has 4 heteroatoms. The SMILES string of the molecule is C=C1/C(=C\C=C2/CCC[C@]3(C)[C@@H]([C@H](C)C[C@@H](O)CC(C)(C)O)CC[C@@H]23)C[C@@H](O)C[C@@H]1O. The molecule has 0 aliphatic heterocycles. The number of fused-ring (bicyclic) bond motifs is 1. The summed E-state index contributed by atoms with van der Waals surface area (Å²) in [6.07, 6.45) is 10.8. The molecule has 3 saturated carbocycles. The summed E-state index contributed by atoms with van der Waals surface area (Å²) < 4.78 is 0. The molecular weight excluding hydrogens is 388 g/mol. The molecular formula is C27H44O4. The summed E-state index contributed by atoms with van der Waals surface area (Å²) in [5, 5.41) is 40.7. The molecule has 0 aromatic rings. The van der Waals surface area contributed by atoms with Gasteiger partial charge in [-0.1, -0.05) is 38.2 Å². The van der Waals surface area contributed by atoms with Gasteiger partial charge in [0.15, 0.2) is 0 Å². The van der Waals surface area contributed by atoms with Crippen LogP contribution in [0.2, 0.25) is 0 Å². The van der Waals surface area contributed by atoms with E-state index in [-0.39, 0.29) is 5.41 Å². The largest absolute Gasteiger partial charge is 0.393 e. The number of allylic oxidation sites excluding steroid dienone is 3. The zero-order valence-electron chi connectivity index (χ0n) is 20.0. The van der Waals surface area contributed by atoms with Crippen LogP contribution in [0.25, 0.3) is 0 Å². The Morgan fingerprint density at radius 1 is 1.23 bits per heavy atom. The summed E-state index contributed by atoms with van der Waals surface area (Å²) in [7, 11) is 0. The highest BCUT2D eigenvalue weighted by Gasteiger charge is 2.50. The molecule has 0 amide bonds. The van der Waals surface area contributed by atoms with Crippen LogP contribution in [0.4, 0.5) is 0 Å². The summed E-state index contributed by atoms with van der Waals surface area (Å²) in [5.41, 5.74) is 2.64. The lowest BCUT2D eigenvalue weighted by Gasteiger charge is -2.44. The van der Waals surface area contributed by atoms with Crippen molar-refractivity contribution in [1.29, 1.82) is 0 Å². The molecule has 0 heterocycles. The lowest BCUT2D eigenvalue weighted by Crippen LogP contribution is -2.37. The molecule has 0 spiro atoms. The van der Waals surface area contributed by atoms with E-state index in [0.717, 1.165) is 24.0 Å². The minimum atomic E-state index is -0.834. The predicted octanol–water partition coefficient (Wildman–Crippen LogP) is 4.68. The first-order valence-electron chi connectivity index (χ1n) is 12.3. The van der Waals surface area contributed by atoms with Gasteiger partial charge in [-0.3, -0.25) is 0 Å². The second-order valence-electron chi connectivity index (χ2n) is 11.5. The third kappa shape index (κ3) is 5.71. The zero-order valence-corrected chi connectivity index (χ0v) is 20.0. The van der Waals surface area contributed by atoms with E-state index in [1.54, 1.807) is 13.8 Å². The monoisotopic (exact) mass is 432 g/mol. The molecule has 4 N–H and O–H groups in total. The molecule has 3 fully saturated rings. The fourth-order valence-electron chi connectivity index (χ4n) is 6.93. The molecule has 7 atom stereocenters. The van der Waals surface area contributed by atoms with Crippen LogP contribution in [-0.2, 0) is 0 Å². The van der Waals surface area contributed by atoms with Gasteiger partial charge in [0, 0.05) is 12.8 Å². The summed E-state index contributed by atoms with van der Waals surface area (Å²) in [6.45, 7) is 12.3. The molecule has 3 aliphatic rings. The molecule has 0 radical (unpaired) electrons. The molecule has 0 bridgehead atoms. The summed E-state index contributed by atoms with van der Waals surface area (Å²) in [6, 6.07) is 0. The highest BCUT2D eigenvalue weighted by Crippen LogP contribution is 2.60. The zero-order chi connectivity index (χ0) is 23.0. The minimum absolute atomic E-state index is 0.249. The van der Waals surface area contributed by atoms with E-state index in [1.165, 1.54) is 31.3 Å². The second-order valence-corrected chi connectivity index (χ2v) is 11.5. The average molecular weight is 433 g/mol. The first-order chi connectivity index (χ1) is 14.4. The Kier molecular flexibility index (Phi) is 7.57. The van der Waals surface area contributed by atoms with Gasteiger partial charge in [-0.25, -0.2) is 0 Å². The van der Waals surface area contributed by atoms with Crippen molar-refractivity contribution in [3.05, 3.63) is 35.5 Å². The number of hydrogen-bond acceptors (Lipinski definition) is 4. The molecule has 3 aliphatic carbocycles. The van der Waals surface area contributed by atoms with Gasteiger partial charge < -0.3 is 20.4 Å². The summed E-state index contributed by atoms with van der Waals surface area (Å²) in [5.74, 6) is 1.57. The Hall–Kier alpha value is -0.940. The Bertz CT molecular complexity index is 715. The van der Waals surface area contributed by atoms with Gasteiger partial charge in [0.05, 0.1) is 23.9 Å². The molecule has 4 nitrogen and oxygen atoms in total. The van der Waals surface area contributed by atoms with Crippen molar-refractivity contribution in [2.75, 3.05) is 0 Å². The van der Waals surface area contributed by atoms with E-state index in [2.05, 4.69) is 32.6 Å². The number of aliphatic hydroxyl groups is 4. The van der Waals surface area contributed by atoms with Crippen molar-refractivity contribution >= 4 is 0 Å². The van der Waals surface area contributed by atoms with E-state index in [0.29, 0.717) is 37.0 Å². The fourth-order valence-corrected chi connectivity index (χ4v) is 6.93. The van der Waals surface area contributed by atoms with Crippen molar-refractivity contribution in [2.45, 2.75) is 109 Å². The molecule has 0 unspecified atom stereocenters. The summed E-state index contributed by atoms with van der Waals surface area (Å²) >= 11 is 0. The third-order valence-electron chi connectivity index (χ3n) is 8.37. The van der Waals surface area contributed by atoms with E-state index in [4.69, 9.17) is 0 Å². The molecule has 0 aromatic carbocycles. The van der Waals surface area contributed by atoms with E-state index in [9.17, 15) is 20.4 Å². The fraction of sp³-hybridized carbons (Fsp3) is 0.778. The van der Waals surface area contributed by atoms with Gasteiger partial charge in [0.2, 0.25) is 0 Å². The molecule has 0 saturated heterocycles. The lowest BCUT2D eigenvalue weighted by molar-refractivity contribution is 0.000127. The normalized spacial score (nSPS) is 39.0. The van der Waals surface area contributed by atoms with Crippen LogP contribution in [0.3, 0.4) is 0 Å². The van der Waals surface area contributed by atoms with Crippen LogP contribution in [0.1, 0.15) is 85.5 Å². The van der Waals surface area contributed by atoms with Crippen LogP contribution in [0.5, 0.6) is 0 Å². The highest BCUT2D eigenvalue weighted by molar-refractivity contribution is 5.38. The van der Waals surface area contributed by atoms with Crippen molar-refractivity contribution in [1.82, 2.24) is 0 Å². The van der Waals surface area contributed by atoms with Gasteiger partial charge in [0.1, 0.15) is 0 Å². The van der Waals surface area contributed by atoms with Crippen molar-refractivity contribution < 1.29 is 20.4 Å². The van der Waals surface area contributed by atoms with Crippen molar-refractivity contribution in [3.63, 3.8) is 0 Å². The van der Waals surface area contributed by atoms with Gasteiger partial charge in [-0.05, 0) is 93.1 Å². The Morgan fingerprint density at radius 3 is 2.61 bits per heavy atom. The third-order valence-corrected chi connectivity index (χ3v) is 8.37. The molecule has 0 aromatic heterocycles. The van der Waals surface area contributed by atoms with Crippen LogP contribution >= 0.6 is 0 Å². The first-order valence-corrected chi connectivity index (χ1v) is 12.3. The Morgan fingerprint density at radius 2 is 1.94 bits per heavy atom. The second kappa shape index (κ2) is 9.51. The van der Waals surface area contributed by atoms with Crippen LogP contribution < -0.4 is 0 Å². The van der Waals surface area contributed by atoms with Crippen LogP contribution in [-0.4, -0.2) is 44.3 Å².